The zero-order chi connectivity index (χ0) is 34.1. The Morgan fingerprint density at radius 1 is 0.872 bits per heavy atom. The Bertz CT molecular complexity index is 1780. The molecule has 0 bridgehead atoms. The standard InChI is InChI=1S/C37H42ClN3O5S/c1-6-28(4)39-37(43)34(22-29-12-8-7-9-13-29)40(24-30-14-10-11-27(3)21-30)36(42)25-41(31-17-20-35(46-5)33(38)23-31)47(44,45)32-18-15-26(2)16-19-32/h7-21,23,28,34H,6,22,24-25H2,1-5H3,(H,39,43)/t28-,34+/m1/s1. The predicted octanol–water partition coefficient (Wildman–Crippen LogP) is 6.72. The minimum absolute atomic E-state index is 0.0171. The van der Waals surface area contributed by atoms with E-state index in [1.165, 1.54) is 30.2 Å². The second-order valence-corrected chi connectivity index (χ2v) is 13.9. The number of amides is 2. The number of benzene rings is 4. The van der Waals surface area contributed by atoms with Crippen LogP contribution in [0.1, 0.15) is 42.5 Å². The van der Waals surface area contributed by atoms with Crippen molar-refractivity contribution in [2.45, 2.75) is 64.1 Å². The summed E-state index contributed by atoms with van der Waals surface area (Å²) in [6.45, 7) is 7.21. The maximum absolute atomic E-state index is 14.6. The quantitative estimate of drug-likeness (QED) is 0.160. The number of carbonyl (C=O) groups is 2. The lowest BCUT2D eigenvalue weighted by Crippen LogP contribution is -2.54. The SMILES string of the molecule is CC[C@@H](C)NC(=O)[C@H](Cc1ccccc1)N(Cc1cccc(C)c1)C(=O)CN(c1ccc(OC)c(Cl)c1)S(=O)(=O)c1ccc(C)cc1. The van der Waals surface area contributed by atoms with E-state index in [1.807, 2.05) is 82.3 Å². The molecule has 2 atom stereocenters. The Morgan fingerprint density at radius 3 is 2.17 bits per heavy atom. The summed E-state index contributed by atoms with van der Waals surface area (Å²) in [5.74, 6) is -0.501. The smallest absolute Gasteiger partial charge is 0.264 e. The van der Waals surface area contributed by atoms with Crippen LogP contribution >= 0.6 is 11.6 Å². The highest BCUT2D eigenvalue weighted by atomic mass is 35.5. The van der Waals surface area contributed by atoms with Gasteiger partial charge in [-0.2, -0.15) is 0 Å². The predicted molar refractivity (Wildman–Crippen MR) is 187 cm³/mol. The second kappa shape index (κ2) is 16.0. The Hall–Kier alpha value is -4.34. The first-order chi connectivity index (χ1) is 22.4. The van der Waals surface area contributed by atoms with Gasteiger partial charge in [-0.15, -0.1) is 0 Å². The molecule has 0 fully saturated rings. The molecule has 1 N–H and O–H groups in total. The van der Waals surface area contributed by atoms with Gasteiger partial charge >= 0.3 is 0 Å². The number of hydrogen-bond donors (Lipinski definition) is 1. The van der Waals surface area contributed by atoms with Crippen molar-refractivity contribution in [1.82, 2.24) is 10.2 Å². The van der Waals surface area contributed by atoms with Gasteiger partial charge in [0.25, 0.3) is 10.0 Å². The molecular formula is C37H42ClN3O5S. The fraction of sp³-hybridized carbons (Fsp3) is 0.297. The van der Waals surface area contributed by atoms with E-state index < -0.39 is 28.5 Å². The first-order valence-corrected chi connectivity index (χ1v) is 17.4. The summed E-state index contributed by atoms with van der Waals surface area (Å²) in [6.07, 6.45) is 0.941. The zero-order valence-electron chi connectivity index (χ0n) is 27.4. The van der Waals surface area contributed by atoms with Crippen LogP contribution < -0.4 is 14.4 Å². The van der Waals surface area contributed by atoms with Gasteiger partial charge in [0.15, 0.2) is 0 Å². The molecule has 0 aliphatic carbocycles. The van der Waals surface area contributed by atoms with Crippen LogP contribution in [0.2, 0.25) is 5.02 Å². The van der Waals surface area contributed by atoms with Crippen LogP contribution in [0.5, 0.6) is 5.75 Å². The van der Waals surface area contributed by atoms with E-state index in [-0.39, 0.29) is 40.5 Å². The summed E-state index contributed by atoms with van der Waals surface area (Å²) in [4.78, 5) is 30.1. The average Bonchev–Trinajstić information content (AvgIpc) is 3.05. The van der Waals surface area contributed by atoms with Crippen molar-refractivity contribution in [3.63, 3.8) is 0 Å². The Morgan fingerprint density at radius 2 is 1.55 bits per heavy atom. The molecule has 0 spiro atoms. The number of nitrogens with zero attached hydrogens (tertiary/aromatic N) is 2. The van der Waals surface area contributed by atoms with Crippen molar-refractivity contribution in [2.75, 3.05) is 18.0 Å². The number of sulfonamides is 1. The van der Waals surface area contributed by atoms with E-state index in [1.54, 1.807) is 24.3 Å². The molecule has 8 nitrogen and oxygen atoms in total. The normalized spacial score (nSPS) is 12.6. The van der Waals surface area contributed by atoms with Crippen LogP contribution in [-0.2, 0) is 32.6 Å². The topological polar surface area (TPSA) is 96.0 Å². The molecule has 0 unspecified atom stereocenters. The van der Waals surface area contributed by atoms with Gasteiger partial charge in [-0.05, 0) is 68.7 Å². The summed E-state index contributed by atoms with van der Waals surface area (Å²) in [5.41, 5.74) is 3.75. The number of halogens is 1. The molecule has 0 aliphatic rings. The monoisotopic (exact) mass is 675 g/mol. The zero-order valence-corrected chi connectivity index (χ0v) is 29.0. The lowest BCUT2D eigenvalue weighted by atomic mass is 10.0. The van der Waals surface area contributed by atoms with Crippen LogP contribution in [0.3, 0.4) is 0 Å². The number of nitrogens with one attached hydrogen (secondary N) is 1. The molecule has 248 valence electrons. The molecule has 2 amide bonds. The molecule has 4 aromatic rings. The van der Waals surface area contributed by atoms with Gasteiger partial charge in [0, 0.05) is 19.0 Å². The van der Waals surface area contributed by atoms with E-state index in [2.05, 4.69) is 5.32 Å². The minimum Gasteiger partial charge on any atom is -0.495 e. The molecule has 0 saturated heterocycles. The highest BCUT2D eigenvalue weighted by molar-refractivity contribution is 7.92. The second-order valence-electron chi connectivity index (χ2n) is 11.7. The van der Waals surface area contributed by atoms with E-state index in [9.17, 15) is 18.0 Å². The first-order valence-electron chi connectivity index (χ1n) is 15.5. The number of aryl methyl sites for hydroxylation is 2. The van der Waals surface area contributed by atoms with E-state index in [0.29, 0.717) is 12.2 Å². The maximum Gasteiger partial charge on any atom is 0.264 e. The number of hydrogen-bond acceptors (Lipinski definition) is 5. The molecule has 0 radical (unpaired) electrons. The van der Waals surface area contributed by atoms with Crippen LogP contribution in [0, 0.1) is 13.8 Å². The number of rotatable bonds is 14. The molecule has 0 aliphatic heterocycles. The van der Waals surface area contributed by atoms with Crippen molar-refractivity contribution in [1.29, 1.82) is 0 Å². The van der Waals surface area contributed by atoms with Gasteiger partial charge in [-0.25, -0.2) is 8.42 Å². The van der Waals surface area contributed by atoms with Crippen molar-refractivity contribution < 1.29 is 22.7 Å². The number of ether oxygens (including phenoxy) is 1. The van der Waals surface area contributed by atoms with E-state index in [4.69, 9.17) is 16.3 Å². The van der Waals surface area contributed by atoms with Crippen LogP contribution in [0.4, 0.5) is 5.69 Å². The van der Waals surface area contributed by atoms with E-state index in [0.717, 1.165) is 26.6 Å². The molecule has 0 heterocycles. The molecule has 47 heavy (non-hydrogen) atoms. The highest BCUT2D eigenvalue weighted by Crippen LogP contribution is 2.32. The molecule has 10 heteroatoms. The van der Waals surface area contributed by atoms with Gasteiger partial charge in [-0.1, -0.05) is 96.4 Å². The molecule has 4 rings (SSSR count). The van der Waals surface area contributed by atoms with Crippen molar-refractivity contribution in [3.05, 3.63) is 124 Å². The third-order valence-corrected chi connectivity index (χ3v) is 10.1. The average molecular weight is 676 g/mol. The largest absolute Gasteiger partial charge is 0.495 e. The Labute approximate surface area is 283 Å². The van der Waals surface area contributed by atoms with Crippen LogP contribution in [0.15, 0.2) is 102 Å². The van der Waals surface area contributed by atoms with Gasteiger partial charge in [0.05, 0.1) is 22.7 Å². The van der Waals surface area contributed by atoms with Crippen LogP contribution in [-0.4, -0.2) is 50.9 Å². The maximum atomic E-state index is 14.6. The van der Waals surface area contributed by atoms with Crippen molar-refractivity contribution in [2.24, 2.45) is 0 Å². The summed E-state index contributed by atoms with van der Waals surface area (Å²) in [7, 11) is -2.79. The summed E-state index contributed by atoms with van der Waals surface area (Å²) < 4.78 is 34.8. The van der Waals surface area contributed by atoms with Crippen molar-refractivity contribution >= 4 is 39.1 Å². The number of anilines is 1. The van der Waals surface area contributed by atoms with Gasteiger partial charge in [0.2, 0.25) is 11.8 Å². The van der Waals surface area contributed by atoms with Gasteiger partial charge in [-0.3, -0.25) is 13.9 Å². The lowest BCUT2D eigenvalue weighted by Gasteiger charge is -2.34. The minimum atomic E-state index is -4.26. The Kier molecular flexibility index (Phi) is 12.1. The summed E-state index contributed by atoms with van der Waals surface area (Å²) in [6, 6.07) is 27.1. The lowest BCUT2D eigenvalue weighted by molar-refractivity contribution is -0.140. The third-order valence-electron chi connectivity index (χ3n) is 8.02. The fourth-order valence-electron chi connectivity index (χ4n) is 5.18. The van der Waals surface area contributed by atoms with Gasteiger partial charge in [0.1, 0.15) is 18.3 Å². The van der Waals surface area contributed by atoms with Crippen molar-refractivity contribution in [3.8, 4) is 5.75 Å². The summed E-state index contributed by atoms with van der Waals surface area (Å²) >= 11 is 6.46. The van der Waals surface area contributed by atoms with E-state index >= 15 is 0 Å². The summed E-state index contributed by atoms with van der Waals surface area (Å²) in [5, 5.41) is 3.24. The highest BCUT2D eigenvalue weighted by Gasteiger charge is 2.35. The molecule has 0 aromatic heterocycles. The molecule has 0 saturated carbocycles. The van der Waals surface area contributed by atoms with Gasteiger partial charge < -0.3 is 15.0 Å². The fourth-order valence-corrected chi connectivity index (χ4v) is 6.84. The molecular weight excluding hydrogens is 634 g/mol. The number of methoxy groups -OCH3 is 1. The van der Waals surface area contributed by atoms with Crippen LogP contribution in [0.25, 0.3) is 0 Å². The first kappa shape index (κ1) is 35.5. The Balaban J connectivity index is 1.83. The number of carbonyl (C=O) groups excluding carboxylic acids is 2. The third kappa shape index (κ3) is 9.14. The molecule has 4 aromatic carbocycles.